The molecular formula is C6H12Br2O2. The first kappa shape index (κ1) is 10.9. The summed E-state index contributed by atoms with van der Waals surface area (Å²) in [5, 5.41) is 18.3. The summed E-state index contributed by atoms with van der Waals surface area (Å²) >= 11 is 6.66. The van der Waals surface area contributed by atoms with Crippen molar-refractivity contribution in [3.63, 3.8) is 0 Å². The fraction of sp³-hybridized carbons (Fsp3) is 1.00. The van der Waals surface area contributed by atoms with Gasteiger partial charge in [-0.05, 0) is 6.42 Å². The third kappa shape index (κ3) is 3.91. The highest BCUT2D eigenvalue weighted by atomic mass is 79.9. The molecule has 1 atom stereocenters. The van der Waals surface area contributed by atoms with Crippen LogP contribution in [0.5, 0.6) is 0 Å². The van der Waals surface area contributed by atoms with Crippen LogP contribution in [-0.4, -0.2) is 33.6 Å². The topological polar surface area (TPSA) is 40.5 Å². The van der Waals surface area contributed by atoms with E-state index in [4.69, 9.17) is 10.2 Å². The maximum atomic E-state index is 8.72. The van der Waals surface area contributed by atoms with Crippen LogP contribution in [0.25, 0.3) is 0 Å². The molecule has 0 aliphatic carbocycles. The molecule has 62 valence electrons. The minimum Gasteiger partial charge on any atom is -0.396 e. The molecule has 0 rings (SSSR count). The van der Waals surface area contributed by atoms with Gasteiger partial charge in [0.2, 0.25) is 0 Å². The SMILES string of the molecule is OCC(CO)C(Br)CCBr. The Hall–Kier alpha value is 0.880. The summed E-state index contributed by atoms with van der Waals surface area (Å²) in [4.78, 5) is 0.210. The van der Waals surface area contributed by atoms with Gasteiger partial charge in [0.15, 0.2) is 0 Å². The highest BCUT2D eigenvalue weighted by molar-refractivity contribution is 9.10. The van der Waals surface area contributed by atoms with Gasteiger partial charge in [0.25, 0.3) is 0 Å². The molecule has 0 fully saturated rings. The molecule has 2 N–H and O–H groups in total. The van der Waals surface area contributed by atoms with Crippen LogP contribution in [0.3, 0.4) is 0 Å². The van der Waals surface area contributed by atoms with Crippen molar-refractivity contribution in [2.24, 2.45) is 5.92 Å². The standard InChI is InChI=1S/C6H12Br2O2/c7-2-1-6(8)5(3-9)4-10/h5-6,9-10H,1-4H2. The first-order chi connectivity index (χ1) is 4.76. The fourth-order valence-corrected chi connectivity index (χ4v) is 2.30. The highest BCUT2D eigenvalue weighted by Crippen LogP contribution is 2.16. The fourth-order valence-electron chi connectivity index (χ4n) is 0.626. The molecule has 0 amide bonds. The Morgan fingerprint density at radius 1 is 1.20 bits per heavy atom. The van der Waals surface area contributed by atoms with Gasteiger partial charge in [0.05, 0.1) is 0 Å². The molecule has 0 heterocycles. The van der Waals surface area contributed by atoms with Crippen molar-refractivity contribution in [1.82, 2.24) is 0 Å². The van der Waals surface area contributed by atoms with E-state index in [1.165, 1.54) is 0 Å². The molecule has 0 spiro atoms. The van der Waals surface area contributed by atoms with Crippen molar-refractivity contribution in [3.8, 4) is 0 Å². The average molecular weight is 276 g/mol. The first-order valence-electron chi connectivity index (χ1n) is 3.18. The molecule has 4 heteroatoms. The van der Waals surface area contributed by atoms with Crippen molar-refractivity contribution in [1.29, 1.82) is 0 Å². The number of alkyl halides is 2. The molecule has 10 heavy (non-hydrogen) atoms. The van der Waals surface area contributed by atoms with E-state index in [-0.39, 0.29) is 24.0 Å². The molecule has 0 aliphatic heterocycles. The van der Waals surface area contributed by atoms with Crippen LogP contribution in [0.1, 0.15) is 6.42 Å². The van der Waals surface area contributed by atoms with Gasteiger partial charge in [0, 0.05) is 29.3 Å². The maximum absolute atomic E-state index is 8.72. The van der Waals surface area contributed by atoms with Gasteiger partial charge in [-0.25, -0.2) is 0 Å². The van der Waals surface area contributed by atoms with Gasteiger partial charge in [-0.2, -0.15) is 0 Å². The zero-order valence-electron chi connectivity index (χ0n) is 5.63. The Labute approximate surface area is 77.9 Å². The van der Waals surface area contributed by atoms with Crippen molar-refractivity contribution < 1.29 is 10.2 Å². The second-order valence-corrected chi connectivity index (χ2v) is 4.09. The molecular weight excluding hydrogens is 264 g/mol. The summed E-state index contributed by atoms with van der Waals surface area (Å²) in [5.41, 5.74) is 0. The van der Waals surface area contributed by atoms with E-state index in [1.807, 2.05) is 0 Å². The Morgan fingerprint density at radius 2 is 1.70 bits per heavy atom. The molecule has 0 saturated carbocycles. The second kappa shape index (κ2) is 6.58. The van der Waals surface area contributed by atoms with Crippen molar-refractivity contribution in [2.75, 3.05) is 18.5 Å². The molecule has 2 nitrogen and oxygen atoms in total. The molecule has 1 unspecified atom stereocenters. The van der Waals surface area contributed by atoms with Gasteiger partial charge in [-0.3, -0.25) is 0 Å². The monoisotopic (exact) mass is 274 g/mol. The number of aliphatic hydroxyl groups is 2. The summed E-state index contributed by atoms with van der Waals surface area (Å²) in [6.45, 7) is 0.0822. The zero-order chi connectivity index (χ0) is 7.98. The number of aliphatic hydroxyl groups excluding tert-OH is 2. The number of rotatable bonds is 5. The molecule has 0 aliphatic rings. The number of hydrogen-bond donors (Lipinski definition) is 2. The normalized spacial score (nSPS) is 14.1. The van der Waals surface area contributed by atoms with Gasteiger partial charge >= 0.3 is 0 Å². The Kier molecular flexibility index (Phi) is 7.16. The molecule has 0 bridgehead atoms. The summed E-state index contributed by atoms with van der Waals surface area (Å²) in [6, 6.07) is 0. The van der Waals surface area contributed by atoms with Crippen LogP contribution in [0, 0.1) is 5.92 Å². The molecule has 0 radical (unpaired) electrons. The molecule has 0 aromatic rings. The van der Waals surface area contributed by atoms with Crippen LogP contribution < -0.4 is 0 Å². The smallest absolute Gasteiger partial charge is 0.0491 e. The zero-order valence-corrected chi connectivity index (χ0v) is 8.81. The summed E-state index contributed by atoms with van der Waals surface area (Å²) in [7, 11) is 0. The lowest BCUT2D eigenvalue weighted by Gasteiger charge is -2.16. The van der Waals surface area contributed by atoms with Crippen molar-refractivity contribution in [3.05, 3.63) is 0 Å². The number of hydrogen-bond acceptors (Lipinski definition) is 2. The lowest BCUT2D eigenvalue weighted by atomic mass is 10.1. The van der Waals surface area contributed by atoms with E-state index in [0.717, 1.165) is 11.8 Å². The van der Waals surface area contributed by atoms with Gasteiger partial charge < -0.3 is 10.2 Å². The van der Waals surface area contributed by atoms with Crippen LogP contribution in [0.2, 0.25) is 0 Å². The van der Waals surface area contributed by atoms with E-state index >= 15 is 0 Å². The predicted octanol–water partition coefficient (Wildman–Crippen LogP) is 1.14. The molecule has 0 saturated heterocycles. The second-order valence-electron chi connectivity index (χ2n) is 2.12. The average Bonchev–Trinajstić information content (AvgIpc) is 1.91. The predicted molar refractivity (Wildman–Crippen MR) is 48.8 cm³/mol. The first-order valence-corrected chi connectivity index (χ1v) is 5.21. The largest absolute Gasteiger partial charge is 0.396 e. The summed E-state index contributed by atoms with van der Waals surface area (Å²) < 4.78 is 0. The van der Waals surface area contributed by atoms with Crippen molar-refractivity contribution >= 4 is 31.9 Å². The Bertz CT molecular complexity index is 76.1. The Balaban J connectivity index is 3.53. The van der Waals surface area contributed by atoms with E-state index in [2.05, 4.69) is 31.9 Å². The van der Waals surface area contributed by atoms with E-state index in [9.17, 15) is 0 Å². The quantitative estimate of drug-likeness (QED) is 0.739. The van der Waals surface area contributed by atoms with Gasteiger partial charge in [-0.1, -0.05) is 31.9 Å². The summed E-state index contributed by atoms with van der Waals surface area (Å²) in [6.07, 6.45) is 0.922. The lowest BCUT2D eigenvalue weighted by Crippen LogP contribution is -2.22. The molecule has 0 aromatic carbocycles. The van der Waals surface area contributed by atoms with Crippen LogP contribution in [0.4, 0.5) is 0 Å². The van der Waals surface area contributed by atoms with E-state index in [0.29, 0.717) is 0 Å². The van der Waals surface area contributed by atoms with Crippen LogP contribution in [0.15, 0.2) is 0 Å². The van der Waals surface area contributed by atoms with Gasteiger partial charge in [-0.15, -0.1) is 0 Å². The highest BCUT2D eigenvalue weighted by Gasteiger charge is 2.15. The Morgan fingerprint density at radius 3 is 2.00 bits per heavy atom. The van der Waals surface area contributed by atoms with Crippen LogP contribution in [-0.2, 0) is 0 Å². The number of halogens is 2. The van der Waals surface area contributed by atoms with Crippen molar-refractivity contribution in [2.45, 2.75) is 11.2 Å². The third-order valence-corrected chi connectivity index (χ3v) is 3.03. The minimum absolute atomic E-state index is 0.0300. The lowest BCUT2D eigenvalue weighted by molar-refractivity contribution is 0.148. The van der Waals surface area contributed by atoms with E-state index < -0.39 is 0 Å². The molecule has 0 aromatic heterocycles. The summed E-state index contributed by atoms with van der Waals surface area (Å²) in [5.74, 6) is -0.0300. The van der Waals surface area contributed by atoms with E-state index in [1.54, 1.807) is 0 Å². The van der Waals surface area contributed by atoms with Crippen LogP contribution >= 0.6 is 31.9 Å². The maximum Gasteiger partial charge on any atom is 0.0491 e. The minimum atomic E-state index is -0.0300. The van der Waals surface area contributed by atoms with Gasteiger partial charge in [0.1, 0.15) is 0 Å². The third-order valence-electron chi connectivity index (χ3n) is 1.37.